The van der Waals surface area contributed by atoms with Crippen LogP contribution in [0.15, 0.2) is 42.7 Å². The molecule has 9 heteroatoms. The lowest BCUT2D eigenvalue weighted by Gasteiger charge is -2.31. The number of alkyl halides is 5. The highest BCUT2D eigenvalue weighted by Crippen LogP contribution is 2.46. The summed E-state index contributed by atoms with van der Waals surface area (Å²) in [5.74, 6) is -2.01. The maximum atomic E-state index is 12.7. The van der Waals surface area contributed by atoms with Crippen molar-refractivity contribution in [2.24, 2.45) is 5.92 Å². The normalized spacial score (nSPS) is 16.0. The second-order valence-corrected chi connectivity index (χ2v) is 7.90. The number of carbonyl (C=O) groups excluding carboxylic acids is 1. The third-order valence-corrected chi connectivity index (χ3v) is 5.06. The van der Waals surface area contributed by atoms with Gasteiger partial charge in [-0.3, -0.25) is 4.79 Å². The molecular formula is C18H16Cl2F3N3O. The molecule has 0 spiro atoms. The van der Waals surface area contributed by atoms with Crippen LogP contribution in [0.2, 0.25) is 0 Å². The van der Waals surface area contributed by atoms with E-state index in [4.69, 9.17) is 23.2 Å². The van der Waals surface area contributed by atoms with E-state index >= 15 is 0 Å². The number of nitrogens with one attached hydrogen (secondary N) is 1. The van der Waals surface area contributed by atoms with E-state index < -0.39 is 28.3 Å². The minimum atomic E-state index is -4.63. The highest BCUT2D eigenvalue weighted by Gasteiger charge is 2.42. The van der Waals surface area contributed by atoms with Gasteiger partial charge in [-0.05, 0) is 30.0 Å². The van der Waals surface area contributed by atoms with Crippen LogP contribution in [-0.2, 0) is 6.18 Å². The summed E-state index contributed by atoms with van der Waals surface area (Å²) >= 11 is 12.9. The number of hydrogen-bond donors (Lipinski definition) is 1. The van der Waals surface area contributed by atoms with E-state index in [0.29, 0.717) is 23.5 Å². The fourth-order valence-electron chi connectivity index (χ4n) is 2.74. The largest absolute Gasteiger partial charge is 0.451 e. The molecule has 1 aromatic carbocycles. The molecule has 0 bridgehead atoms. The molecule has 1 saturated carbocycles. The number of halogens is 5. The molecule has 3 rings (SSSR count). The number of carbonyl (C=O) groups is 1. The zero-order valence-electron chi connectivity index (χ0n) is 14.0. The first-order valence-corrected chi connectivity index (χ1v) is 9.07. The van der Waals surface area contributed by atoms with Crippen molar-refractivity contribution in [3.8, 4) is 0 Å². The van der Waals surface area contributed by atoms with E-state index in [0.717, 1.165) is 25.2 Å². The lowest BCUT2D eigenvalue weighted by molar-refractivity contribution is -0.145. The summed E-state index contributed by atoms with van der Waals surface area (Å²) in [6.45, 7) is 0. The van der Waals surface area contributed by atoms with Gasteiger partial charge in [0.15, 0.2) is 4.46 Å². The van der Waals surface area contributed by atoms with Crippen molar-refractivity contribution in [2.45, 2.75) is 35.8 Å². The molecule has 1 aliphatic rings. The first-order chi connectivity index (χ1) is 12.7. The Morgan fingerprint density at radius 1 is 1.15 bits per heavy atom. The molecular weight excluding hydrogens is 402 g/mol. The van der Waals surface area contributed by atoms with Crippen molar-refractivity contribution in [1.82, 2.24) is 15.3 Å². The molecule has 1 aromatic heterocycles. The Balaban J connectivity index is 1.83. The van der Waals surface area contributed by atoms with Crippen LogP contribution in [0.4, 0.5) is 13.2 Å². The van der Waals surface area contributed by atoms with Crippen LogP contribution in [0.5, 0.6) is 0 Å². The van der Waals surface area contributed by atoms with Crippen LogP contribution >= 0.6 is 23.2 Å². The predicted molar refractivity (Wildman–Crippen MR) is 95.5 cm³/mol. The van der Waals surface area contributed by atoms with E-state index in [-0.39, 0.29) is 0 Å². The van der Waals surface area contributed by atoms with Gasteiger partial charge in [-0.2, -0.15) is 13.2 Å². The van der Waals surface area contributed by atoms with E-state index in [9.17, 15) is 18.0 Å². The van der Waals surface area contributed by atoms with Crippen molar-refractivity contribution < 1.29 is 18.0 Å². The van der Waals surface area contributed by atoms with Gasteiger partial charge in [-0.25, -0.2) is 9.97 Å². The Kier molecular flexibility index (Phi) is 5.63. The molecule has 1 amide bonds. The highest BCUT2D eigenvalue weighted by atomic mass is 35.5. The van der Waals surface area contributed by atoms with E-state index in [2.05, 4.69) is 15.3 Å². The molecule has 2 aromatic rings. The lowest BCUT2D eigenvalue weighted by atomic mass is 9.94. The van der Waals surface area contributed by atoms with E-state index in [1.807, 2.05) is 0 Å². The molecule has 144 valence electrons. The molecule has 1 unspecified atom stereocenters. The van der Waals surface area contributed by atoms with Gasteiger partial charge in [0.1, 0.15) is 0 Å². The molecule has 27 heavy (non-hydrogen) atoms. The molecule has 0 saturated heterocycles. The summed E-state index contributed by atoms with van der Waals surface area (Å²) in [7, 11) is 0. The van der Waals surface area contributed by atoms with Gasteiger partial charge in [0.25, 0.3) is 5.91 Å². The van der Waals surface area contributed by atoms with E-state index in [1.54, 1.807) is 30.3 Å². The SMILES string of the molecule is O=C(NC(Cl)(Cl)C(CC1CC1)c1cnc(C(F)(F)F)nc1)c1ccccc1. The molecule has 1 heterocycles. The summed E-state index contributed by atoms with van der Waals surface area (Å²) in [4.78, 5) is 19.2. The van der Waals surface area contributed by atoms with Gasteiger partial charge >= 0.3 is 6.18 Å². The second kappa shape index (κ2) is 7.64. The minimum Gasteiger partial charge on any atom is -0.320 e. The number of rotatable bonds is 6. The van der Waals surface area contributed by atoms with Crippen molar-refractivity contribution in [3.05, 3.63) is 59.7 Å². The smallest absolute Gasteiger partial charge is 0.320 e. The third-order valence-electron chi connectivity index (χ3n) is 4.35. The number of aromatic nitrogens is 2. The number of hydrogen-bond acceptors (Lipinski definition) is 3. The summed E-state index contributed by atoms with van der Waals surface area (Å²) in [5, 5.41) is 2.56. The first-order valence-electron chi connectivity index (χ1n) is 8.31. The molecule has 1 aliphatic carbocycles. The van der Waals surface area contributed by atoms with Gasteiger partial charge in [-0.1, -0.05) is 54.2 Å². The zero-order valence-corrected chi connectivity index (χ0v) is 15.5. The minimum absolute atomic E-state index is 0.341. The quantitative estimate of drug-likeness (QED) is 0.534. The van der Waals surface area contributed by atoms with Crippen LogP contribution in [0.25, 0.3) is 0 Å². The topological polar surface area (TPSA) is 54.9 Å². The van der Waals surface area contributed by atoms with Crippen molar-refractivity contribution >= 4 is 29.1 Å². The average molecular weight is 418 g/mol. The summed E-state index contributed by atoms with van der Waals surface area (Å²) in [6.07, 6.45) is -0.0288. The zero-order chi connectivity index (χ0) is 19.7. The summed E-state index contributed by atoms with van der Waals surface area (Å²) < 4.78 is 36.4. The Morgan fingerprint density at radius 3 is 2.26 bits per heavy atom. The third kappa shape index (κ3) is 5.11. The van der Waals surface area contributed by atoms with Crippen molar-refractivity contribution in [2.75, 3.05) is 0 Å². The van der Waals surface area contributed by atoms with Crippen LogP contribution in [0, 0.1) is 5.92 Å². The Bertz CT molecular complexity index is 794. The Labute approximate surface area is 164 Å². The van der Waals surface area contributed by atoms with Crippen LogP contribution in [0.3, 0.4) is 0 Å². The number of amides is 1. The number of nitrogens with zero attached hydrogens (tertiary/aromatic N) is 2. The van der Waals surface area contributed by atoms with Crippen molar-refractivity contribution in [3.63, 3.8) is 0 Å². The Morgan fingerprint density at radius 2 is 1.74 bits per heavy atom. The van der Waals surface area contributed by atoms with Crippen LogP contribution in [0.1, 0.15) is 46.9 Å². The van der Waals surface area contributed by atoms with E-state index in [1.165, 1.54) is 0 Å². The van der Waals surface area contributed by atoms with Gasteiger partial charge in [0, 0.05) is 23.9 Å². The molecule has 0 aliphatic heterocycles. The van der Waals surface area contributed by atoms with Crippen molar-refractivity contribution in [1.29, 1.82) is 0 Å². The second-order valence-electron chi connectivity index (χ2n) is 6.51. The first kappa shape index (κ1) is 19.9. The summed E-state index contributed by atoms with van der Waals surface area (Å²) in [6, 6.07) is 8.38. The standard InChI is InChI=1S/C18H16Cl2F3N3O/c19-17(20,26-15(27)12-4-2-1-3-5-12)14(8-11-6-7-11)13-9-24-16(25-10-13)18(21,22)23/h1-5,9-11,14H,6-8H2,(H,26,27). The molecule has 4 nitrogen and oxygen atoms in total. The molecule has 1 fully saturated rings. The lowest BCUT2D eigenvalue weighted by Crippen LogP contribution is -2.44. The molecule has 1 N–H and O–H groups in total. The fraction of sp³-hybridized carbons (Fsp3) is 0.389. The number of benzene rings is 1. The molecule has 1 atom stereocenters. The van der Waals surface area contributed by atoms with Crippen LogP contribution < -0.4 is 5.32 Å². The maximum absolute atomic E-state index is 12.7. The predicted octanol–water partition coefficient (Wildman–Crippen LogP) is 4.94. The molecule has 0 radical (unpaired) electrons. The maximum Gasteiger partial charge on any atom is 0.451 e. The fourth-order valence-corrected chi connectivity index (χ4v) is 3.35. The van der Waals surface area contributed by atoms with Gasteiger partial charge in [0.05, 0.1) is 0 Å². The van der Waals surface area contributed by atoms with Gasteiger partial charge in [-0.15, -0.1) is 0 Å². The van der Waals surface area contributed by atoms with Gasteiger partial charge < -0.3 is 5.32 Å². The van der Waals surface area contributed by atoms with Crippen LogP contribution in [-0.4, -0.2) is 20.3 Å². The monoisotopic (exact) mass is 417 g/mol. The highest BCUT2D eigenvalue weighted by molar-refractivity contribution is 6.49. The average Bonchev–Trinajstić information content (AvgIpc) is 3.43. The Hall–Kier alpha value is -1.86. The van der Waals surface area contributed by atoms with Gasteiger partial charge in [0.2, 0.25) is 5.82 Å². The summed E-state index contributed by atoms with van der Waals surface area (Å²) in [5.41, 5.74) is 0.713.